The molecule has 28 heavy (non-hydrogen) atoms. The lowest BCUT2D eigenvalue weighted by atomic mass is 10.2. The summed E-state index contributed by atoms with van der Waals surface area (Å²) in [5.74, 6) is 2.97. The van der Waals surface area contributed by atoms with Crippen LogP contribution in [0.4, 0.5) is 5.82 Å². The highest BCUT2D eigenvalue weighted by molar-refractivity contribution is 7.13. The van der Waals surface area contributed by atoms with Crippen LogP contribution in [0.15, 0.2) is 54.3 Å². The van der Waals surface area contributed by atoms with Crippen LogP contribution in [-0.2, 0) is 9.53 Å². The molecule has 3 aromatic heterocycles. The van der Waals surface area contributed by atoms with Crippen LogP contribution in [0.25, 0.3) is 27.3 Å². The molecule has 1 N–H and O–H groups in total. The van der Waals surface area contributed by atoms with E-state index < -0.39 is 0 Å². The van der Waals surface area contributed by atoms with Gasteiger partial charge in [-0.1, -0.05) is 24.1 Å². The molecule has 3 aromatic rings. The number of benzene rings is 1. The lowest BCUT2D eigenvalue weighted by molar-refractivity contribution is -0.138. The lowest BCUT2D eigenvalue weighted by Gasteiger charge is -2.07. The smallest absolute Gasteiger partial charge is 0.325 e. The maximum Gasteiger partial charge on any atom is 0.325 e. The molecule has 2 aliphatic carbocycles. The molecule has 0 unspecified atom stereocenters. The van der Waals surface area contributed by atoms with Gasteiger partial charge in [-0.2, -0.15) is 0 Å². The van der Waals surface area contributed by atoms with Crippen molar-refractivity contribution in [2.24, 2.45) is 0 Å². The maximum atomic E-state index is 11.4. The molecule has 2 aliphatic rings. The normalized spacial score (nSPS) is 10.6. The molecule has 0 aromatic carbocycles. The molecule has 0 aliphatic heterocycles. The van der Waals surface area contributed by atoms with Gasteiger partial charge < -0.3 is 10.1 Å². The first kappa shape index (κ1) is 17.8. The van der Waals surface area contributed by atoms with Crippen molar-refractivity contribution in [2.75, 3.05) is 19.0 Å². The van der Waals surface area contributed by atoms with Crippen molar-refractivity contribution in [3.05, 3.63) is 59.9 Å². The molecule has 5 rings (SSSR count). The number of fused-ring (bicyclic) bond motifs is 2. The van der Waals surface area contributed by atoms with Gasteiger partial charge in [-0.15, -0.1) is 17.8 Å². The number of aromatic nitrogens is 3. The fourth-order valence-corrected chi connectivity index (χ4v) is 3.59. The van der Waals surface area contributed by atoms with Crippen molar-refractivity contribution < 1.29 is 9.53 Å². The van der Waals surface area contributed by atoms with Gasteiger partial charge in [-0.25, -0.2) is 4.98 Å². The number of rotatable bonds is 4. The van der Waals surface area contributed by atoms with E-state index in [4.69, 9.17) is 6.42 Å². The molecule has 6 nitrogen and oxygen atoms in total. The average molecular weight is 388 g/mol. The summed E-state index contributed by atoms with van der Waals surface area (Å²) < 4.78 is 6.49. The molecule has 0 saturated heterocycles. The van der Waals surface area contributed by atoms with E-state index in [-0.39, 0.29) is 12.5 Å². The third-order valence-corrected chi connectivity index (χ3v) is 5.13. The number of imidazole rings is 1. The number of carbonyl (C=O) groups is 1. The summed E-state index contributed by atoms with van der Waals surface area (Å²) in [5, 5.41) is 4.98. The first-order chi connectivity index (χ1) is 13.7. The molecular formula is C21H16N4O2S. The highest BCUT2D eigenvalue weighted by atomic mass is 32.1. The predicted molar refractivity (Wildman–Crippen MR) is 110 cm³/mol. The van der Waals surface area contributed by atoms with Crippen LogP contribution in [0.3, 0.4) is 0 Å². The van der Waals surface area contributed by atoms with Gasteiger partial charge in [0, 0.05) is 18.0 Å². The first-order valence-electron chi connectivity index (χ1n) is 8.49. The SMILES string of the molecule is C#Cc1ccsc1-c1nc2cnccn2c1NCC(=O)OC.c1cc2cc-2c1. The van der Waals surface area contributed by atoms with Crippen LogP contribution in [0.2, 0.25) is 0 Å². The van der Waals surface area contributed by atoms with Gasteiger partial charge in [0.15, 0.2) is 5.65 Å². The third-order valence-electron chi connectivity index (χ3n) is 4.21. The van der Waals surface area contributed by atoms with Crippen LogP contribution < -0.4 is 5.32 Å². The second kappa shape index (κ2) is 7.55. The fraction of sp³-hybridized carbons (Fsp3) is 0.0952. The number of ether oxygens (including phenoxy) is 1. The number of methoxy groups -OCH3 is 1. The Bertz CT molecular complexity index is 1190. The topological polar surface area (TPSA) is 68.5 Å². The molecule has 0 atom stereocenters. The number of esters is 1. The molecule has 0 saturated carbocycles. The van der Waals surface area contributed by atoms with Crippen LogP contribution >= 0.6 is 11.3 Å². The van der Waals surface area contributed by atoms with Gasteiger partial charge in [0.2, 0.25) is 0 Å². The first-order valence-corrected chi connectivity index (χ1v) is 9.37. The Morgan fingerprint density at radius 3 is 2.82 bits per heavy atom. The summed E-state index contributed by atoms with van der Waals surface area (Å²) >= 11 is 1.50. The van der Waals surface area contributed by atoms with Gasteiger partial charge in [0.1, 0.15) is 18.1 Å². The zero-order valence-corrected chi connectivity index (χ0v) is 15.9. The number of hydrogen-bond donors (Lipinski definition) is 1. The van der Waals surface area contributed by atoms with Crippen molar-refractivity contribution in [3.63, 3.8) is 0 Å². The summed E-state index contributed by atoms with van der Waals surface area (Å²) in [5.41, 5.74) is 4.98. The molecule has 138 valence electrons. The molecule has 0 amide bonds. The Morgan fingerprint density at radius 2 is 2.18 bits per heavy atom. The number of thiophene rings is 1. The second-order valence-electron chi connectivity index (χ2n) is 5.93. The van der Waals surface area contributed by atoms with E-state index in [0.717, 1.165) is 10.4 Å². The minimum atomic E-state index is -0.363. The number of anilines is 1. The number of nitrogens with one attached hydrogen (secondary N) is 1. The largest absolute Gasteiger partial charge is 0.468 e. The summed E-state index contributed by atoms with van der Waals surface area (Å²) in [7, 11) is 1.35. The Hall–Kier alpha value is -3.63. The number of nitrogens with zero attached hydrogens (tertiary/aromatic N) is 3. The second-order valence-corrected chi connectivity index (χ2v) is 6.85. The predicted octanol–water partition coefficient (Wildman–Crippen LogP) is 3.69. The summed E-state index contributed by atoms with van der Waals surface area (Å²) in [4.78, 5) is 20.9. The summed E-state index contributed by atoms with van der Waals surface area (Å²) in [6.07, 6.45) is 10.6. The molecular weight excluding hydrogens is 372 g/mol. The monoisotopic (exact) mass is 388 g/mol. The van der Waals surface area contributed by atoms with Crippen LogP contribution in [0.5, 0.6) is 0 Å². The van der Waals surface area contributed by atoms with Gasteiger partial charge in [-0.3, -0.25) is 14.2 Å². The zero-order valence-electron chi connectivity index (χ0n) is 15.0. The van der Waals surface area contributed by atoms with E-state index in [1.54, 1.807) is 18.6 Å². The minimum absolute atomic E-state index is 0.0381. The minimum Gasteiger partial charge on any atom is -0.468 e. The van der Waals surface area contributed by atoms with Crippen LogP contribution in [0.1, 0.15) is 5.56 Å². The number of hydrogen-bond acceptors (Lipinski definition) is 6. The van der Waals surface area contributed by atoms with Crippen molar-refractivity contribution in [1.29, 1.82) is 0 Å². The quantitative estimate of drug-likeness (QED) is 0.376. The zero-order chi connectivity index (χ0) is 19.5. The van der Waals surface area contributed by atoms with Gasteiger partial charge in [0.05, 0.1) is 18.2 Å². The molecule has 3 heterocycles. The fourth-order valence-electron chi connectivity index (χ4n) is 2.74. The van der Waals surface area contributed by atoms with E-state index in [9.17, 15) is 4.79 Å². The number of carbonyl (C=O) groups excluding carboxylic acids is 1. The molecule has 0 radical (unpaired) electrons. The van der Waals surface area contributed by atoms with Gasteiger partial charge in [-0.05, 0) is 28.6 Å². The highest BCUT2D eigenvalue weighted by Crippen LogP contribution is 2.34. The van der Waals surface area contributed by atoms with E-state index in [1.165, 1.54) is 29.6 Å². The molecule has 0 bridgehead atoms. The Kier molecular flexibility index (Phi) is 4.79. The maximum absolute atomic E-state index is 11.4. The van der Waals surface area contributed by atoms with E-state index >= 15 is 0 Å². The molecule has 0 spiro atoms. The third kappa shape index (κ3) is 3.46. The Morgan fingerprint density at radius 1 is 1.36 bits per heavy atom. The van der Waals surface area contributed by atoms with E-state index in [2.05, 4.69) is 50.2 Å². The summed E-state index contributed by atoms with van der Waals surface area (Å²) in [6.45, 7) is 0.0381. The molecule has 7 heteroatoms. The van der Waals surface area contributed by atoms with Gasteiger partial charge in [0.25, 0.3) is 0 Å². The van der Waals surface area contributed by atoms with E-state index in [0.29, 0.717) is 17.2 Å². The van der Waals surface area contributed by atoms with E-state index in [1.807, 2.05) is 15.8 Å². The van der Waals surface area contributed by atoms with Crippen molar-refractivity contribution in [1.82, 2.24) is 14.4 Å². The summed E-state index contributed by atoms with van der Waals surface area (Å²) in [6, 6.07) is 10.3. The standard InChI is InChI=1S/C15H12N4O2S.C6H4/c1-3-10-4-7-22-14(10)13-15(17-9-12(20)21-2)19-6-5-16-8-11(19)18-13;1-2-5-4-6(5)3-1/h1,4-8,17H,9H2,2H3;1-4H. The number of terminal acetylenes is 1. The van der Waals surface area contributed by atoms with Crippen molar-refractivity contribution in [2.45, 2.75) is 0 Å². The molecule has 0 fully saturated rings. The van der Waals surface area contributed by atoms with Crippen LogP contribution in [0, 0.1) is 12.3 Å². The average Bonchev–Trinajstić information content (AvgIpc) is 3.12. The van der Waals surface area contributed by atoms with Crippen LogP contribution in [-0.4, -0.2) is 34.0 Å². The van der Waals surface area contributed by atoms with Crippen molar-refractivity contribution >= 4 is 28.8 Å². The van der Waals surface area contributed by atoms with Gasteiger partial charge >= 0.3 is 5.97 Å². The lowest BCUT2D eigenvalue weighted by Crippen LogP contribution is -2.16. The Labute approximate surface area is 165 Å². The van der Waals surface area contributed by atoms with Crippen molar-refractivity contribution in [3.8, 4) is 34.0 Å². The Balaban J connectivity index is 0.000000268. The highest BCUT2D eigenvalue weighted by Gasteiger charge is 2.18.